The Morgan fingerprint density at radius 3 is 2.75 bits per heavy atom. The van der Waals surface area contributed by atoms with Gasteiger partial charge in [0.05, 0.1) is 4.92 Å². The van der Waals surface area contributed by atoms with Crippen molar-refractivity contribution >= 4 is 17.0 Å². The Kier molecular flexibility index (Phi) is 4.36. The van der Waals surface area contributed by atoms with Gasteiger partial charge in [-0.15, -0.1) is 11.3 Å². The zero-order valence-corrected chi connectivity index (χ0v) is 12.1. The first-order valence-electron chi connectivity index (χ1n) is 6.23. The highest BCUT2D eigenvalue weighted by molar-refractivity contribution is 7.12. The largest absolute Gasteiger partial charge is 0.508 e. The summed E-state index contributed by atoms with van der Waals surface area (Å²) < 4.78 is 0. The molecular formula is C14H16N2O3S. The number of benzene rings is 1. The topological polar surface area (TPSA) is 75.4 Å². The van der Waals surface area contributed by atoms with Gasteiger partial charge in [0.15, 0.2) is 0 Å². The van der Waals surface area contributed by atoms with Crippen molar-refractivity contribution < 1.29 is 10.0 Å². The van der Waals surface area contributed by atoms with Gasteiger partial charge in [-0.1, -0.05) is 0 Å². The van der Waals surface area contributed by atoms with Gasteiger partial charge in [0.25, 0.3) is 5.69 Å². The standard InChI is InChI=1S/C14H16N2O3S/c1-9-3-6-14(20-9)10(2)15-8-11-7-12(17)4-5-13(11)16(18)19/h3-7,10,15,17H,8H2,1-2H3. The molecule has 6 heteroatoms. The molecule has 0 saturated heterocycles. The Balaban J connectivity index is 2.10. The summed E-state index contributed by atoms with van der Waals surface area (Å²) in [6.45, 7) is 4.39. The second-order valence-electron chi connectivity index (χ2n) is 4.62. The van der Waals surface area contributed by atoms with Crippen molar-refractivity contribution in [2.75, 3.05) is 0 Å². The van der Waals surface area contributed by atoms with Crippen LogP contribution in [0.5, 0.6) is 5.75 Å². The minimum Gasteiger partial charge on any atom is -0.508 e. The summed E-state index contributed by atoms with van der Waals surface area (Å²) in [5, 5.41) is 23.7. The van der Waals surface area contributed by atoms with E-state index in [2.05, 4.69) is 17.4 Å². The molecule has 5 nitrogen and oxygen atoms in total. The first-order valence-corrected chi connectivity index (χ1v) is 7.05. The van der Waals surface area contributed by atoms with Gasteiger partial charge in [0, 0.05) is 34.0 Å². The highest BCUT2D eigenvalue weighted by atomic mass is 32.1. The fraction of sp³-hybridized carbons (Fsp3) is 0.286. The van der Waals surface area contributed by atoms with Gasteiger partial charge in [-0.05, 0) is 38.1 Å². The van der Waals surface area contributed by atoms with Gasteiger partial charge in [0.1, 0.15) is 5.75 Å². The second-order valence-corrected chi connectivity index (χ2v) is 5.94. The van der Waals surface area contributed by atoms with Crippen molar-refractivity contribution in [3.63, 3.8) is 0 Å². The lowest BCUT2D eigenvalue weighted by molar-refractivity contribution is -0.385. The zero-order valence-electron chi connectivity index (χ0n) is 11.3. The normalized spacial score (nSPS) is 12.3. The van der Waals surface area contributed by atoms with E-state index >= 15 is 0 Å². The molecule has 0 amide bonds. The maximum Gasteiger partial charge on any atom is 0.274 e. The summed E-state index contributed by atoms with van der Waals surface area (Å²) in [6.07, 6.45) is 0. The molecule has 1 unspecified atom stereocenters. The first kappa shape index (κ1) is 14.5. The van der Waals surface area contributed by atoms with Gasteiger partial charge in [-0.25, -0.2) is 0 Å². The van der Waals surface area contributed by atoms with Gasteiger partial charge in [-0.3, -0.25) is 10.1 Å². The highest BCUT2D eigenvalue weighted by Gasteiger charge is 2.15. The lowest BCUT2D eigenvalue weighted by Crippen LogP contribution is -2.17. The lowest BCUT2D eigenvalue weighted by atomic mass is 10.1. The fourth-order valence-corrected chi connectivity index (χ4v) is 2.85. The number of nitrogens with one attached hydrogen (secondary N) is 1. The lowest BCUT2D eigenvalue weighted by Gasteiger charge is -2.12. The third kappa shape index (κ3) is 3.34. The molecule has 0 fully saturated rings. The average Bonchev–Trinajstić information content (AvgIpc) is 2.82. The summed E-state index contributed by atoms with van der Waals surface area (Å²) in [5.74, 6) is 0.0343. The SMILES string of the molecule is Cc1ccc(C(C)NCc2cc(O)ccc2[N+](=O)[O-])s1. The van der Waals surface area contributed by atoms with E-state index in [1.165, 1.54) is 28.0 Å². The van der Waals surface area contributed by atoms with Crippen LogP contribution < -0.4 is 5.32 Å². The molecule has 0 saturated carbocycles. The summed E-state index contributed by atoms with van der Waals surface area (Å²) in [6, 6.07) is 8.29. The molecule has 1 atom stereocenters. The number of nitrogens with zero attached hydrogens (tertiary/aromatic N) is 1. The van der Waals surface area contributed by atoms with E-state index in [4.69, 9.17) is 0 Å². The average molecular weight is 292 g/mol. The van der Waals surface area contributed by atoms with Crippen LogP contribution in [0.1, 0.15) is 28.3 Å². The predicted octanol–water partition coefficient (Wildman–Crippen LogP) is 3.52. The Labute approximate surface area is 121 Å². The van der Waals surface area contributed by atoms with E-state index in [1.807, 2.05) is 13.8 Å². The molecule has 1 aromatic carbocycles. The Morgan fingerprint density at radius 1 is 1.40 bits per heavy atom. The fourth-order valence-electron chi connectivity index (χ4n) is 1.94. The maximum atomic E-state index is 10.9. The highest BCUT2D eigenvalue weighted by Crippen LogP contribution is 2.26. The minimum absolute atomic E-state index is 0.0184. The number of aromatic hydroxyl groups is 1. The van der Waals surface area contributed by atoms with E-state index in [0.717, 1.165) is 0 Å². The molecule has 20 heavy (non-hydrogen) atoms. The summed E-state index contributed by atoms with van der Waals surface area (Å²) in [7, 11) is 0. The number of phenols is 1. The number of phenolic OH excluding ortho intramolecular Hbond substituents is 1. The molecule has 2 rings (SSSR count). The van der Waals surface area contributed by atoms with Crippen molar-refractivity contribution in [3.8, 4) is 5.75 Å². The molecule has 2 aromatic rings. The van der Waals surface area contributed by atoms with Gasteiger partial charge < -0.3 is 10.4 Å². The van der Waals surface area contributed by atoms with Crippen LogP contribution in [0.3, 0.4) is 0 Å². The molecule has 1 heterocycles. The molecule has 0 aliphatic rings. The van der Waals surface area contributed by atoms with E-state index < -0.39 is 4.92 Å². The quantitative estimate of drug-likeness (QED) is 0.653. The Bertz CT molecular complexity index is 625. The van der Waals surface area contributed by atoms with Crippen molar-refractivity contribution in [2.24, 2.45) is 0 Å². The van der Waals surface area contributed by atoms with Crippen LogP contribution in [0.15, 0.2) is 30.3 Å². The van der Waals surface area contributed by atoms with Crippen molar-refractivity contribution in [3.05, 3.63) is 55.8 Å². The van der Waals surface area contributed by atoms with Crippen LogP contribution in [0.4, 0.5) is 5.69 Å². The molecule has 0 aliphatic heterocycles. The van der Waals surface area contributed by atoms with E-state index in [-0.39, 0.29) is 17.5 Å². The molecule has 0 radical (unpaired) electrons. The monoisotopic (exact) mass is 292 g/mol. The number of thiophene rings is 1. The maximum absolute atomic E-state index is 10.9. The molecule has 2 N–H and O–H groups in total. The molecule has 0 spiro atoms. The summed E-state index contributed by atoms with van der Waals surface area (Å²) in [4.78, 5) is 12.9. The number of aryl methyl sites for hydroxylation is 1. The van der Waals surface area contributed by atoms with E-state index in [1.54, 1.807) is 11.3 Å². The number of hydrogen-bond acceptors (Lipinski definition) is 5. The van der Waals surface area contributed by atoms with Crippen LogP contribution in [0, 0.1) is 17.0 Å². The van der Waals surface area contributed by atoms with Crippen LogP contribution in [-0.4, -0.2) is 10.0 Å². The molecule has 1 aromatic heterocycles. The number of hydrogen-bond donors (Lipinski definition) is 2. The molecule has 106 valence electrons. The van der Waals surface area contributed by atoms with Crippen molar-refractivity contribution in [1.82, 2.24) is 5.32 Å². The molecule has 0 bridgehead atoms. The first-order chi connectivity index (χ1) is 9.47. The number of nitro benzene ring substituents is 1. The van der Waals surface area contributed by atoms with Crippen LogP contribution in [-0.2, 0) is 6.54 Å². The van der Waals surface area contributed by atoms with Gasteiger partial charge >= 0.3 is 0 Å². The zero-order chi connectivity index (χ0) is 14.7. The van der Waals surface area contributed by atoms with Crippen molar-refractivity contribution in [1.29, 1.82) is 0 Å². The van der Waals surface area contributed by atoms with Crippen LogP contribution >= 0.6 is 11.3 Å². The van der Waals surface area contributed by atoms with E-state index in [9.17, 15) is 15.2 Å². The van der Waals surface area contributed by atoms with Crippen molar-refractivity contribution in [2.45, 2.75) is 26.4 Å². The van der Waals surface area contributed by atoms with Crippen LogP contribution in [0.2, 0.25) is 0 Å². The van der Waals surface area contributed by atoms with Gasteiger partial charge in [0.2, 0.25) is 0 Å². The predicted molar refractivity (Wildman–Crippen MR) is 79.1 cm³/mol. The van der Waals surface area contributed by atoms with Crippen LogP contribution in [0.25, 0.3) is 0 Å². The number of rotatable bonds is 5. The third-order valence-electron chi connectivity index (χ3n) is 3.05. The summed E-state index contributed by atoms with van der Waals surface area (Å²) >= 11 is 1.70. The van der Waals surface area contributed by atoms with E-state index in [0.29, 0.717) is 12.1 Å². The smallest absolute Gasteiger partial charge is 0.274 e. The Morgan fingerprint density at radius 2 is 2.15 bits per heavy atom. The Hall–Kier alpha value is -1.92. The minimum atomic E-state index is -0.434. The number of nitro groups is 1. The third-order valence-corrected chi connectivity index (χ3v) is 4.23. The molecular weight excluding hydrogens is 276 g/mol. The molecule has 0 aliphatic carbocycles. The second kappa shape index (κ2) is 6.02. The summed E-state index contributed by atoms with van der Waals surface area (Å²) in [5.41, 5.74) is 0.500. The van der Waals surface area contributed by atoms with Gasteiger partial charge in [-0.2, -0.15) is 0 Å².